The third kappa shape index (κ3) is 2.56. The molecule has 0 bridgehead atoms. The van der Waals surface area contributed by atoms with Gasteiger partial charge in [-0.05, 0) is 32.4 Å². The number of hydrogen-bond donors (Lipinski definition) is 1. The summed E-state index contributed by atoms with van der Waals surface area (Å²) in [7, 11) is 0. The maximum Gasteiger partial charge on any atom is 0.266 e. The Balaban J connectivity index is 2.43. The van der Waals surface area contributed by atoms with E-state index in [-0.39, 0.29) is 11.9 Å². The minimum atomic E-state index is 0.0114. The summed E-state index contributed by atoms with van der Waals surface area (Å²) < 4.78 is 0. The summed E-state index contributed by atoms with van der Waals surface area (Å²) in [6, 6.07) is 3.92. The number of nitrogen functional groups attached to an aromatic ring is 1. The molecule has 0 saturated heterocycles. The smallest absolute Gasteiger partial charge is 0.266 e. The Bertz CT molecular complexity index is 591. The first-order valence-corrected chi connectivity index (χ1v) is 7.31. The molecule has 0 saturated carbocycles. The monoisotopic (exact) mass is 277 g/mol. The van der Waals surface area contributed by atoms with Crippen molar-refractivity contribution in [3.63, 3.8) is 0 Å². The molecule has 102 valence electrons. The highest BCUT2D eigenvalue weighted by Gasteiger charge is 2.23. The van der Waals surface area contributed by atoms with Gasteiger partial charge in [-0.2, -0.15) is 0 Å². The van der Waals surface area contributed by atoms with Gasteiger partial charge in [0.15, 0.2) is 0 Å². The van der Waals surface area contributed by atoms with E-state index < -0.39 is 0 Å². The molecule has 2 N–H and O–H groups in total. The molecule has 0 unspecified atom stereocenters. The van der Waals surface area contributed by atoms with Crippen molar-refractivity contribution in [2.24, 2.45) is 0 Å². The van der Waals surface area contributed by atoms with Crippen molar-refractivity contribution in [3.8, 4) is 0 Å². The number of nitrogens with zero attached hydrogens (tertiary/aromatic N) is 2. The van der Waals surface area contributed by atoms with Crippen LogP contribution in [0.2, 0.25) is 0 Å². The van der Waals surface area contributed by atoms with Gasteiger partial charge in [0.25, 0.3) is 5.91 Å². The molecular formula is C14H19N3OS. The maximum absolute atomic E-state index is 12.6. The van der Waals surface area contributed by atoms with Crippen LogP contribution in [0, 0.1) is 0 Å². The molecule has 0 spiro atoms. The number of hydrogen-bond acceptors (Lipinski definition) is 4. The number of fused-ring (bicyclic) bond motifs is 1. The minimum absolute atomic E-state index is 0.0114. The van der Waals surface area contributed by atoms with Gasteiger partial charge in [-0.25, -0.2) is 4.98 Å². The van der Waals surface area contributed by atoms with Gasteiger partial charge in [0, 0.05) is 24.2 Å². The first kappa shape index (κ1) is 13.8. The molecule has 0 fully saturated rings. The average Bonchev–Trinajstić information content (AvgIpc) is 2.73. The lowest BCUT2D eigenvalue weighted by Gasteiger charge is -2.25. The second kappa shape index (κ2) is 5.57. The normalized spacial score (nSPS) is 11.2. The molecular weight excluding hydrogens is 258 g/mol. The highest BCUT2D eigenvalue weighted by Crippen LogP contribution is 2.33. The van der Waals surface area contributed by atoms with Crippen molar-refractivity contribution in [1.29, 1.82) is 0 Å². The second-order valence-electron chi connectivity index (χ2n) is 4.79. The van der Waals surface area contributed by atoms with E-state index in [4.69, 9.17) is 5.73 Å². The lowest BCUT2D eigenvalue weighted by molar-refractivity contribution is 0.0712. The number of aromatic nitrogens is 1. The van der Waals surface area contributed by atoms with Crippen molar-refractivity contribution in [1.82, 2.24) is 9.88 Å². The molecule has 0 aliphatic rings. The van der Waals surface area contributed by atoms with E-state index in [0.717, 1.165) is 23.2 Å². The van der Waals surface area contributed by atoms with E-state index in [2.05, 4.69) is 11.9 Å². The summed E-state index contributed by atoms with van der Waals surface area (Å²) in [5.41, 5.74) is 6.65. The van der Waals surface area contributed by atoms with Gasteiger partial charge in [-0.3, -0.25) is 4.79 Å². The van der Waals surface area contributed by atoms with Crippen molar-refractivity contribution < 1.29 is 4.79 Å². The second-order valence-corrected chi connectivity index (χ2v) is 5.79. The molecule has 2 heterocycles. The number of pyridine rings is 1. The summed E-state index contributed by atoms with van der Waals surface area (Å²) in [6.07, 6.45) is 2.66. The van der Waals surface area contributed by atoms with Gasteiger partial charge in [0.1, 0.15) is 9.71 Å². The summed E-state index contributed by atoms with van der Waals surface area (Å²) in [6.45, 7) is 6.86. The number of rotatable bonds is 4. The van der Waals surface area contributed by atoms with E-state index in [1.54, 1.807) is 6.20 Å². The van der Waals surface area contributed by atoms with Crippen LogP contribution in [0.25, 0.3) is 10.2 Å². The number of carbonyl (C=O) groups is 1. The van der Waals surface area contributed by atoms with E-state index >= 15 is 0 Å². The van der Waals surface area contributed by atoms with Crippen LogP contribution in [0.3, 0.4) is 0 Å². The zero-order valence-electron chi connectivity index (χ0n) is 11.5. The van der Waals surface area contributed by atoms with Crippen LogP contribution in [0.4, 0.5) is 5.69 Å². The first-order chi connectivity index (χ1) is 9.06. The van der Waals surface area contributed by atoms with Crippen molar-refractivity contribution >= 4 is 33.1 Å². The lowest BCUT2D eigenvalue weighted by atomic mass is 10.2. The zero-order chi connectivity index (χ0) is 14.0. The van der Waals surface area contributed by atoms with Crippen LogP contribution in [0.5, 0.6) is 0 Å². The first-order valence-electron chi connectivity index (χ1n) is 6.50. The SMILES string of the molecule is CCCN(C(=O)c1sc2ncccc2c1N)C(C)C. The Kier molecular flexibility index (Phi) is 4.04. The molecule has 19 heavy (non-hydrogen) atoms. The molecule has 0 radical (unpaired) electrons. The quantitative estimate of drug-likeness (QED) is 0.934. The molecule has 2 rings (SSSR count). The number of nitrogens with two attached hydrogens (primary N) is 1. The molecule has 2 aromatic heterocycles. The Morgan fingerprint density at radius 2 is 2.26 bits per heavy atom. The van der Waals surface area contributed by atoms with Crippen molar-refractivity contribution in [2.45, 2.75) is 33.2 Å². The Hall–Kier alpha value is -1.62. The Morgan fingerprint density at radius 3 is 2.84 bits per heavy atom. The number of anilines is 1. The lowest BCUT2D eigenvalue weighted by Crippen LogP contribution is -2.37. The number of amides is 1. The minimum Gasteiger partial charge on any atom is -0.397 e. The Labute approximate surface area is 117 Å². The van der Waals surface area contributed by atoms with Crippen LogP contribution >= 0.6 is 11.3 Å². The molecule has 2 aromatic rings. The van der Waals surface area contributed by atoms with Gasteiger partial charge in [0.05, 0.1) is 5.69 Å². The fraction of sp³-hybridized carbons (Fsp3) is 0.429. The average molecular weight is 277 g/mol. The van der Waals surface area contributed by atoms with Crippen molar-refractivity contribution in [3.05, 3.63) is 23.2 Å². The summed E-state index contributed by atoms with van der Waals surface area (Å²) in [4.78, 5) is 20.2. The largest absolute Gasteiger partial charge is 0.397 e. The van der Waals surface area contributed by atoms with Crippen LogP contribution in [-0.4, -0.2) is 28.4 Å². The number of carbonyl (C=O) groups excluding carboxylic acids is 1. The standard InChI is InChI=1S/C14H19N3OS/c1-4-8-17(9(2)3)14(18)12-11(15)10-6-5-7-16-13(10)19-12/h5-7,9H,4,8,15H2,1-3H3. The van der Waals surface area contributed by atoms with E-state index in [1.165, 1.54) is 11.3 Å². The third-order valence-electron chi connectivity index (χ3n) is 3.05. The molecule has 1 amide bonds. The van der Waals surface area contributed by atoms with Crippen LogP contribution in [0.15, 0.2) is 18.3 Å². The third-order valence-corrected chi connectivity index (χ3v) is 4.16. The predicted octanol–water partition coefficient (Wildman–Crippen LogP) is 3.14. The molecule has 5 heteroatoms. The van der Waals surface area contributed by atoms with E-state index in [1.807, 2.05) is 30.9 Å². The molecule has 0 aliphatic heterocycles. The fourth-order valence-electron chi connectivity index (χ4n) is 2.08. The zero-order valence-corrected chi connectivity index (χ0v) is 12.3. The summed E-state index contributed by atoms with van der Waals surface area (Å²) in [5.74, 6) is 0.0114. The topological polar surface area (TPSA) is 59.2 Å². The molecule has 4 nitrogen and oxygen atoms in total. The van der Waals surface area contributed by atoms with Gasteiger partial charge in [0.2, 0.25) is 0 Å². The van der Waals surface area contributed by atoms with Crippen LogP contribution < -0.4 is 5.73 Å². The summed E-state index contributed by atoms with van der Waals surface area (Å²) in [5, 5.41) is 0.871. The van der Waals surface area contributed by atoms with E-state index in [9.17, 15) is 4.79 Å². The van der Waals surface area contributed by atoms with Crippen molar-refractivity contribution in [2.75, 3.05) is 12.3 Å². The van der Waals surface area contributed by atoms with Gasteiger partial charge < -0.3 is 10.6 Å². The maximum atomic E-state index is 12.6. The van der Waals surface area contributed by atoms with Crippen LogP contribution in [0.1, 0.15) is 36.9 Å². The van der Waals surface area contributed by atoms with E-state index in [0.29, 0.717) is 10.6 Å². The molecule has 0 atom stereocenters. The molecule has 0 aromatic carbocycles. The number of thiophene rings is 1. The van der Waals surface area contributed by atoms with Crippen LogP contribution in [-0.2, 0) is 0 Å². The van der Waals surface area contributed by atoms with Gasteiger partial charge in [-0.15, -0.1) is 11.3 Å². The Morgan fingerprint density at radius 1 is 1.53 bits per heavy atom. The summed E-state index contributed by atoms with van der Waals surface area (Å²) >= 11 is 1.38. The predicted molar refractivity (Wildman–Crippen MR) is 80.5 cm³/mol. The highest BCUT2D eigenvalue weighted by atomic mass is 32.1. The van der Waals surface area contributed by atoms with Gasteiger partial charge in [-0.1, -0.05) is 6.92 Å². The van der Waals surface area contributed by atoms with Gasteiger partial charge >= 0.3 is 0 Å². The molecule has 0 aliphatic carbocycles. The fourth-order valence-corrected chi connectivity index (χ4v) is 3.09. The highest BCUT2D eigenvalue weighted by molar-refractivity contribution is 7.21.